The summed E-state index contributed by atoms with van der Waals surface area (Å²) in [6, 6.07) is 20.7. The molecule has 3 rings (SSSR count). The van der Waals surface area contributed by atoms with Crippen LogP contribution in [0.15, 0.2) is 66.9 Å². The van der Waals surface area contributed by atoms with Crippen LogP contribution in [0.1, 0.15) is 18.1 Å². The molecule has 0 saturated heterocycles. The van der Waals surface area contributed by atoms with Gasteiger partial charge in [0.2, 0.25) is 0 Å². The van der Waals surface area contributed by atoms with Gasteiger partial charge in [-0.15, -0.1) is 0 Å². The largest absolute Gasteiger partial charge is 0.480 e. The van der Waals surface area contributed by atoms with Gasteiger partial charge in [-0.2, -0.15) is 10.4 Å². The molecule has 0 radical (unpaired) electrons. The van der Waals surface area contributed by atoms with Gasteiger partial charge in [-0.25, -0.2) is 4.68 Å². The lowest BCUT2D eigenvalue weighted by atomic mass is 10.1. The molecular weight excluding hydrogens is 340 g/mol. The number of nitriles is 1. The van der Waals surface area contributed by atoms with Crippen molar-refractivity contribution in [3.05, 3.63) is 78.0 Å². The molecule has 0 saturated carbocycles. The highest BCUT2D eigenvalue weighted by atomic mass is 16.5. The van der Waals surface area contributed by atoms with Crippen molar-refractivity contribution in [3.8, 4) is 11.8 Å². The van der Waals surface area contributed by atoms with Crippen molar-refractivity contribution in [1.82, 2.24) is 9.78 Å². The molecular formula is C21H20N4O2. The number of amides is 1. The smallest absolute Gasteiger partial charge is 0.266 e. The molecule has 1 atom stereocenters. The Kier molecular flexibility index (Phi) is 5.85. The summed E-state index contributed by atoms with van der Waals surface area (Å²) < 4.78 is 7.40. The summed E-state index contributed by atoms with van der Waals surface area (Å²) in [5.74, 6) is 0.699. The molecule has 0 fully saturated rings. The minimum absolute atomic E-state index is 0.302. The molecule has 0 aliphatic rings. The summed E-state index contributed by atoms with van der Waals surface area (Å²) in [6.07, 6.45) is 1.71. The number of nitrogens with one attached hydrogen (secondary N) is 1. The van der Waals surface area contributed by atoms with E-state index in [0.717, 1.165) is 6.42 Å². The molecule has 0 aliphatic carbocycles. The number of aryl methyl sites for hydroxylation is 2. The highest BCUT2D eigenvalue weighted by molar-refractivity contribution is 5.93. The van der Waals surface area contributed by atoms with Gasteiger partial charge >= 0.3 is 0 Å². The molecule has 0 bridgehead atoms. The van der Waals surface area contributed by atoms with Gasteiger partial charge in [0.25, 0.3) is 5.91 Å². The Hall–Kier alpha value is -3.59. The maximum absolute atomic E-state index is 12.5. The molecule has 2 aromatic carbocycles. The van der Waals surface area contributed by atoms with E-state index >= 15 is 0 Å². The number of rotatable bonds is 7. The summed E-state index contributed by atoms with van der Waals surface area (Å²) in [5, 5.41) is 16.2. The van der Waals surface area contributed by atoms with Gasteiger partial charge in [-0.3, -0.25) is 4.79 Å². The summed E-state index contributed by atoms with van der Waals surface area (Å²) in [5.41, 5.74) is 1.60. The lowest BCUT2D eigenvalue weighted by Gasteiger charge is -2.16. The van der Waals surface area contributed by atoms with Gasteiger partial charge in [0.15, 0.2) is 6.10 Å². The lowest BCUT2D eigenvalue weighted by molar-refractivity contribution is -0.122. The van der Waals surface area contributed by atoms with Crippen molar-refractivity contribution < 1.29 is 9.53 Å². The Balaban J connectivity index is 1.61. The van der Waals surface area contributed by atoms with Crippen LogP contribution in [0.2, 0.25) is 0 Å². The zero-order valence-corrected chi connectivity index (χ0v) is 15.0. The third-order valence-electron chi connectivity index (χ3n) is 4.10. The molecule has 3 aromatic rings. The Morgan fingerprint density at radius 2 is 1.93 bits per heavy atom. The number of hydrogen-bond acceptors (Lipinski definition) is 4. The van der Waals surface area contributed by atoms with E-state index < -0.39 is 6.10 Å². The first kappa shape index (κ1) is 18.2. The topological polar surface area (TPSA) is 79.9 Å². The fraction of sp³-hybridized carbons (Fsp3) is 0.190. The van der Waals surface area contributed by atoms with E-state index in [1.807, 2.05) is 18.2 Å². The highest BCUT2D eigenvalue weighted by Gasteiger charge is 2.18. The molecule has 1 amide bonds. The Morgan fingerprint density at radius 3 is 2.70 bits per heavy atom. The number of aromatic nitrogens is 2. The zero-order valence-electron chi connectivity index (χ0n) is 15.0. The SMILES string of the molecule is C[C@H](Oc1ccccc1C#N)C(=O)Nc1ccnn1CCc1ccccc1. The first-order valence-corrected chi connectivity index (χ1v) is 8.70. The average Bonchev–Trinajstić information content (AvgIpc) is 3.14. The summed E-state index contributed by atoms with van der Waals surface area (Å²) >= 11 is 0. The summed E-state index contributed by atoms with van der Waals surface area (Å²) in [4.78, 5) is 12.5. The number of anilines is 1. The van der Waals surface area contributed by atoms with Crippen LogP contribution in [0.3, 0.4) is 0 Å². The second kappa shape index (κ2) is 8.68. The Morgan fingerprint density at radius 1 is 1.19 bits per heavy atom. The standard InChI is InChI=1S/C21H20N4O2/c1-16(27-19-10-6-5-9-18(19)15-22)21(26)24-20-11-13-23-25(20)14-12-17-7-3-2-4-8-17/h2-11,13,16H,12,14H2,1H3,(H,24,26)/t16-/m0/s1. The number of nitrogens with zero attached hydrogens (tertiary/aromatic N) is 3. The lowest BCUT2D eigenvalue weighted by Crippen LogP contribution is -2.31. The highest BCUT2D eigenvalue weighted by Crippen LogP contribution is 2.19. The van der Waals surface area contributed by atoms with Gasteiger partial charge in [0, 0.05) is 12.6 Å². The van der Waals surface area contributed by atoms with Crippen LogP contribution in [0.5, 0.6) is 5.75 Å². The van der Waals surface area contributed by atoms with Crippen LogP contribution in [0, 0.1) is 11.3 Å². The first-order chi connectivity index (χ1) is 13.2. The molecule has 1 heterocycles. The van der Waals surface area contributed by atoms with Crippen molar-refractivity contribution in [2.24, 2.45) is 0 Å². The minimum Gasteiger partial charge on any atom is -0.480 e. The Bertz CT molecular complexity index is 944. The first-order valence-electron chi connectivity index (χ1n) is 8.70. The number of para-hydroxylation sites is 1. The molecule has 1 N–H and O–H groups in total. The quantitative estimate of drug-likeness (QED) is 0.700. The van der Waals surface area contributed by atoms with E-state index in [9.17, 15) is 4.79 Å². The van der Waals surface area contributed by atoms with Gasteiger partial charge in [-0.1, -0.05) is 42.5 Å². The van der Waals surface area contributed by atoms with Crippen molar-refractivity contribution in [2.75, 3.05) is 5.32 Å². The second-order valence-corrected chi connectivity index (χ2v) is 6.03. The average molecular weight is 360 g/mol. The summed E-state index contributed by atoms with van der Waals surface area (Å²) in [6.45, 7) is 2.30. The summed E-state index contributed by atoms with van der Waals surface area (Å²) in [7, 11) is 0. The van der Waals surface area contributed by atoms with Gasteiger partial charge < -0.3 is 10.1 Å². The molecule has 0 spiro atoms. The van der Waals surface area contributed by atoms with Crippen LogP contribution in [0.25, 0.3) is 0 Å². The number of carbonyl (C=O) groups is 1. The molecule has 27 heavy (non-hydrogen) atoms. The van der Waals surface area contributed by atoms with Gasteiger partial charge in [-0.05, 0) is 31.0 Å². The van der Waals surface area contributed by atoms with Crippen LogP contribution >= 0.6 is 0 Å². The van der Waals surface area contributed by atoms with Crippen LogP contribution in [-0.4, -0.2) is 21.8 Å². The van der Waals surface area contributed by atoms with Crippen molar-refractivity contribution in [3.63, 3.8) is 0 Å². The van der Waals surface area contributed by atoms with Gasteiger partial charge in [0.1, 0.15) is 17.6 Å². The monoisotopic (exact) mass is 360 g/mol. The van der Waals surface area contributed by atoms with E-state index in [2.05, 4.69) is 28.6 Å². The Labute approximate surface area is 158 Å². The molecule has 1 aromatic heterocycles. The van der Waals surface area contributed by atoms with Crippen molar-refractivity contribution in [1.29, 1.82) is 5.26 Å². The van der Waals surface area contributed by atoms with Crippen LogP contribution in [0.4, 0.5) is 5.82 Å². The van der Waals surface area contributed by atoms with Crippen molar-refractivity contribution >= 4 is 11.7 Å². The van der Waals surface area contributed by atoms with Crippen molar-refractivity contribution in [2.45, 2.75) is 26.0 Å². The molecule has 0 unspecified atom stereocenters. The molecule has 136 valence electrons. The second-order valence-electron chi connectivity index (χ2n) is 6.03. The number of hydrogen-bond donors (Lipinski definition) is 1. The van der Waals surface area contributed by atoms with Crippen LogP contribution < -0.4 is 10.1 Å². The predicted octanol–water partition coefficient (Wildman–Crippen LogP) is 3.40. The van der Waals surface area contributed by atoms with E-state index in [-0.39, 0.29) is 5.91 Å². The third-order valence-corrected chi connectivity index (χ3v) is 4.10. The molecule has 6 heteroatoms. The fourth-order valence-electron chi connectivity index (χ4n) is 2.63. The maximum Gasteiger partial charge on any atom is 0.266 e. The zero-order chi connectivity index (χ0) is 19.1. The van der Waals surface area contributed by atoms with E-state index in [0.29, 0.717) is 23.7 Å². The normalized spacial score (nSPS) is 11.4. The van der Waals surface area contributed by atoms with Crippen LogP contribution in [-0.2, 0) is 17.8 Å². The molecule has 0 aliphatic heterocycles. The number of ether oxygens (including phenoxy) is 1. The van der Waals surface area contributed by atoms with E-state index in [4.69, 9.17) is 10.00 Å². The number of benzene rings is 2. The molecule has 6 nitrogen and oxygen atoms in total. The maximum atomic E-state index is 12.5. The minimum atomic E-state index is -0.753. The van der Waals surface area contributed by atoms with Gasteiger partial charge in [0.05, 0.1) is 11.8 Å². The van der Waals surface area contributed by atoms with E-state index in [1.165, 1.54) is 5.56 Å². The fourth-order valence-corrected chi connectivity index (χ4v) is 2.63. The number of carbonyl (C=O) groups excluding carboxylic acids is 1. The van der Waals surface area contributed by atoms with E-state index in [1.54, 1.807) is 48.1 Å². The predicted molar refractivity (Wildman–Crippen MR) is 102 cm³/mol. The third kappa shape index (κ3) is 4.73.